The Morgan fingerprint density at radius 2 is 2.25 bits per heavy atom. The third-order valence-corrected chi connectivity index (χ3v) is 5.35. The highest BCUT2D eigenvalue weighted by molar-refractivity contribution is 9.11. The number of benzene rings is 1. The Morgan fingerprint density at radius 1 is 1.35 bits per heavy atom. The van der Waals surface area contributed by atoms with Gasteiger partial charge in [-0.15, -0.1) is 11.3 Å². The lowest BCUT2D eigenvalue weighted by Crippen LogP contribution is -2.27. The van der Waals surface area contributed by atoms with E-state index in [1.807, 2.05) is 0 Å². The lowest BCUT2D eigenvalue weighted by atomic mass is 10.0. The number of hydrogen-bond donors (Lipinski definition) is 2. The highest BCUT2D eigenvalue weighted by Gasteiger charge is 2.15. The molecule has 0 radical (unpaired) electrons. The molecule has 20 heavy (non-hydrogen) atoms. The number of rotatable bonds is 5. The van der Waals surface area contributed by atoms with Crippen LogP contribution in [-0.2, 0) is 12.8 Å². The van der Waals surface area contributed by atoms with E-state index < -0.39 is 0 Å². The van der Waals surface area contributed by atoms with E-state index in [9.17, 15) is 0 Å². The van der Waals surface area contributed by atoms with Crippen molar-refractivity contribution in [1.29, 1.82) is 0 Å². The molecule has 3 rings (SSSR count). The lowest BCUT2D eigenvalue weighted by molar-refractivity contribution is 0.357. The van der Waals surface area contributed by atoms with E-state index in [2.05, 4.69) is 51.7 Å². The van der Waals surface area contributed by atoms with Gasteiger partial charge in [0.05, 0.1) is 16.4 Å². The third-order valence-electron chi connectivity index (χ3n) is 3.61. The topological polar surface area (TPSA) is 47.3 Å². The number of nitrogens with one attached hydrogen (secondary N) is 1. The van der Waals surface area contributed by atoms with Gasteiger partial charge in [0.2, 0.25) is 0 Å². The van der Waals surface area contributed by atoms with Crippen molar-refractivity contribution in [2.75, 3.05) is 6.61 Å². The second kappa shape index (κ2) is 6.26. The molecule has 0 aliphatic carbocycles. The molecule has 3 N–H and O–H groups in total. The van der Waals surface area contributed by atoms with Gasteiger partial charge in [-0.2, -0.15) is 0 Å². The summed E-state index contributed by atoms with van der Waals surface area (Å²) in [4.78, 5) is 1.27. The van der Waals surface area contributed by atoms with Gasteiger partial charge in [0.25, 0.3) is 0 Å². The number of hydrazine groups is 1. The van der Waals surface area contributed by atoms with Crippen LogP contribution in [0.1, 0.15) is 28.5 Å². The first-order valence-electron chi connectivity index (χ1n) is 6.72. The zero-order valence-corrected chi connectivity index (χ0v) is 13.5. The molecule has 1 unspecified atom stereocenters. The Labute approximate surface area is 131 Å². The van der Waals surface area contributed by atoms with Crippen LogP contribution >= 0.6 is 27.3 Å². The fourth-order valence-electron chi connectivity index (χ4n) is 2.53. The number of fused-ring (bicyclic) bond motifs is 1. The predicted molar refractivity (Wildman–Crippen MR) is 86.0 cm³/mol. The van der Waals surface area contributed by atoms with Crippen LogP contribution in [0.15, 0.2) is 34.1 Å². The minimum Gasteiger partial charge on any atom is -0.493 e. The Balaban J connectivity index is 1.66. The molecule has 1 aromatic carbocycles. The maximum absolute atomic E-state index is 5.69. The molecular formula is C15H17BrN2OS. The lowest BCUT2D eigenvalue weighted by Gasteiger charge is -2.14. The zero-order valence-electron chi connectivity index (χ0n) is 11.1. The Hall–Kier alpha value is -0.880. The highest BCUT2D eigenvalue weighted by Crippen LogP contribution is 2.30. The van der Waals surface area contributed by atoms with Crippen LogP contribution in [0.5, 0.6) is 5.75 Å². The fraction of sp³-hybridized carbons (Fsp3) is 0.333. The molecule has 5 heteroatoms. The van der Waals surface area contributed by atoms with Crippen molar-refractivity contribution in [3.05, 3.63) is 50.1 Å². The van der Waals surface area contributed by atoms with Gasteiger partial charge in [0.1, 0.15) is 5.75 Å². The van der Waals surface area contributed by atoms with Crippen molar-refractivity contribution in [3.8, 4) is 5.75 Å². The van der Waals surface area contributed by atoms with E-state index >= 15 is 0 Å². The first-order valence-corrected chi connectivity index (χ1v) is 8.33. The van der Waals surface area contributed by atoms with Crippen molar-refractivity contribution in [2.24, 2.45) is 5.84 Å². The van der Waals surface area contributed by atoms with E-state index in [0.29, 0.717) is 0 Å². The van der Waals surface area contributed by atoms with Crippen molar-refractivity contribution < 1.29 is 4.74 Å². The van der Waals surface area contributed by atoms with Crippen LogP contribution in [0, 0.1) is 0 Å². The normalized spacial score (nSPS) is 14.9. The maximum atomic E-state index is 5.69. The summed E-state index contributed by atoms with van der Waals surface area (Å²) in [5, 5.41) is 0. The number of thiophene rings is 1. The van der Waals surface area contributed by atoms with Crippen LogP contribution in [-0.4, -0.2) is 6.61 Å². The first kappa shape index (κ1) is 14.1. The van der Waals surface area contributed by atoms with Gasteiger partial charge in [0.15, 0.2) is 0 Å². The van der Waals surface area contributed by atoms with Gasteiger partial charge >= 0.3 is 0 Å². The Kier molecular flexibility index (Phi) is 4.41. The van der Waals surface area contributed by atoms with Crippen LogP contribution in [0.2, 0.25) is 0 Å². The zero-order chi connectivity index (χ0) is 13.9. The summed E-state index contributed by atoms with van der Waals surface area (Å²) in [5.74, 6) is 6.74. The van der Waals surface area contributed by atoms with E-state index in [4.69, 9.17) is 10.6 Å². The molecule has 1 aliphatic rings. The van der Waals surface area contributed by atoms with Gasteiger partial charge in [0, 0.05) is 11.3 Å². The summed E-state index contributed by atoms with van der Waals surface area (Å²) in [7, 11) is 0. The van der Waals surface area contributed by atoms with Crippen LogP contribution in [0.25, 0.3) is 0 Å². The molecule has 2 heterocycles. The molecule has 2 aromatic rings. The summed E-state index contributed by atoms with van der Waals surface area (Å²) < 4.78 is 6.68. The van der Waals surface area contributed by atoms with Crippen molar-refractivity contribution >= 4 is 27.3 Å². The monoisotopic (exact) mass is 352 g/mol. The quantitative estimate of drug-likeness (QED) is 0.638. The summed E-state index contributed by atoms with van der Waals surface area (Å²) >= 11 is 5.23. The number of nitrogens with two attached hydrogens (primary N) is 1. The second-order valence-electron chi connectivity index (χ2n) is 4.94. The average Bonchev–Trinajstić information content (AvgIpc) is 3.08. The van der Waals surface area contributed by atoms with E-state index in [1.54, 1.807) is 11.3 Å². The number of halogens is 1. The second-order valence-corrected chi connectivity index (χ2v) is 7.43. The standard InChI is InChI=1S/C15H17BrN2OS/c16-15-6-5-14(20-15)12(18-17)3-1-10-2-4-13-11(9-10)7-8-19-13/h2,4-6,9,12,18H,1,3,7-8,17H2. The van der Waals surface area contributed by atoms with Gasteiger partial charge < -0.3 is 4.74 Å². The van der Waals surface area contributed by atoms with Gasteiger partial charge in [-0.1, -0.05) is 12.1 Å². The van der Waals surface area contributed by atoms with E-state index in [0.717, 1.165) is 35.4 Å². The molecule has 1 aromatic heterocycles. The first-order chi connectivity index (χ1) is 9.76. The van der Waals surface area contributed by atoms with Crippen molar-refractivity contribution in [3.63, 3.8) is 0 Å². The molecule has 0 saturated carbocycles. The predicted octanol–water partition coefficient (Wildman–Crippen LogP) is 3.58. The molecule has 1 atom stereocenters. The third kappa shape index (κ3) is 3.06. The van der Waals surface area contributed by atoms with Gasteiger partial charge in [-0.25, -0.2) is 0 Å². The molecule has 0 spiro atoms. The van der Waals surface area contributed by atoms with Crippen molar-refractivity contribution in [1.82, 2.24) is 5.43 Å². The summed E-state index contributed by atoms with van der Waals surface area (Å²) in [6, 6.07) is 10.9. The largest absolute Gasteiger partial charge is 0.493 e. The maximum Gasteiger partial charge on any atom is 0.122 e. The van der Waals surface area contributed by atoms with Crippen LogP contribution in [0.4, 0.5) is 0 Å². The average molecular weight is 353 g/mol. The smallest absolute Gasteiger partial charge is 0.122 e. The fourth-order valence-corrected chi connectivity index (χ4v) is 4.05. The summed E-state index contributed by atoms with van der Waals surface area (Å²) in [6.07, 6.45) is 3.03. The molecule has 0 fully saturated rings. The molecule has 0 amide bonds. The van der Waals surface area contributed by atoms with Gasteiger partial charge in [-0.05, 0) is 58.1 Å². The van der Waals surface area contributed by atoms with E-state index in [-0.39, 0.29) is 6.04 Å². The number of ether oxygens (including phenoxy) is 1. The SMILES string of the molecule is NNC(CCc1ccc2c(c1)CCO2)c1ccc(Br)s1. The molecule has 3 nitrogen and oxygen atoms in total. The minimum absolute atomic E-state index is 0.204. The molecule has 0 saturated heterocycles. The number of aryl methyl sites for hydroxylation is 1. The van der Waals surface area contributed by atoms with Crippen LogP contribution in [0.3, 0.4) is 0 Å². The molecule has 0 bridgehead atoms. The molecular weight excluding hydrogens is 336 g/mol. The number of hydrogen-bond acceptors (Lipinski definition) is 4. The van der Waals surface area contributed by atoms with Crippen LogP contribution < -0.4 is 16.0 Å². The van der Waals surface area contributed by atoms with E-state index in [1.165, 1.54) is 16.0 Å². The van der Waals surface area contributed by atoms with Crippen molar-refractivity contribution in [2.45, 2.75) is 25.3 Å². The minimum atomic E-state index is 0.204. The Morgan fingerprint density at radius 3 is 3.00 bits per heavy atom. The molecule has 1 aliphatic heterocycles. The highest BCUT2D eigenvalue weighted by atomic mass is 79.9. The Bertz CT molecular complexity index is 599. The van der Waals surface area contributed by atoms with Gasteiger partial charge in [-0.3, -0.25) is 11.3 Å². The summed E-state index contributed by atoms with van der Waals surface area (Å²) in [5.41, 5.74) is 5.60. The summed E-state index contributed by atoms with van der Waals surface area (Å²) in [6.45, 7) is 0.814. The molecule has 106 valence electrons.